The molecule has 0 aliphatic rings. The van der Waals surface area contributed by atoms with Crippen LogP contribution in [0.1, 0.15) is 239 Å². The van der Waals surface area contributed by atoms with Gasteiger partial charge in [-0.05, 0) is 24.8 Å². The lowest BCUT2D eigenvalue weighted by Gasteiger charge is -2.05. The van der Waals surface area contributed by atoms with Gasteiger partial charge in [0.25, 0.3) is 0 Å². The second-order valence-electron chi connectivity index (χ2n) is 13.5. The molecule has 0 aromatic carbocycles. The second-order valence-corrected chi connectivity index (χ2v) is 13.5. The minimum Gasteiger partial charge on any atom is -0.295 e. The van der Waals surface area contributed by atoms with Crippen LogP contribution in [0, 0.1) is 0 Å². The highest BCUT2D eigenvalue weighted by Gasteiger charge is 2.06. The molecule has 1 nitrogen and oxygen atoms in total. The zero-order valence-electron chi connectivity index (χ0n) is 28.9. The Morgan fingerprint density at radius 3 is 0.780 bits per heavy atom. The fourth-order valence-corrected chi connectivity index (χ4v) is 6.19. The summed E-state index contributed by atoms with van der Waals surface area (Å²) in [5, 5.41) is 0. The summed E-state index contributed by atoms with van der Waals surface area (Å²) in [6.07, 6.45) is 48.3. The summed E-state index contributed by atoms with van der Waals surface area (Å²) in [4.78, 5) is 11.9. The van der Waals surface area contributed by atoms with Crippen LogP contribution in [0.5, 0.6) is 0 Å². The molecule has 0 unspecified atom stereocenters. The van der Waals surface area contributed by atoms with Gasteiger partial charge >= 0.3 is 0 Å². The summed E-state index contributed by atoms with van der Waals surface area (Å²) in [5.41, 5.74) is 0.869. The van der Waals surface area contributed by atoms with E-state index in [2.05, 4.69) is 20.4 Å². The first-order chi connectivity index (χ1) is 20.2. The van der Waals surface area contributed by atoms with E-state index in [9.17, 15) is 4.79 Å². The molecule has 0 heterocycles. The van der Waals surface area contributed by atoms with Gasteiger partial charge in [0.2, 0.25) is 0 Å². The SMILES string of the molecule is C=C(CCCCCCCCCCCCCCCCCCCCCCCCCCCCCCCCC)C(=O)CCCC. The van der Waals surface area contributed by atoms with Gasteiger partial charge in [-0.1, -0.05) is 219 Å². The number of unbranched alkanes of at least 4 members (excludes halogenated alkanes) is 31. The molecule has 0 aliphatic heterocycles. The molecule has 0 rings (SSSR count). The predicted octanol–water partition coefficient (Wildman–Crippen LogP) is 14.8. The Morgan fingerprint density at radius 1 is 0.317 bits per heavy atom. The zero-order valence-corrected chi connectivity index (χ0v) is 28.9. The van der Waals surface area contributed by atoms with Crippen LogP contribution in [0.2, 0.25) is 0 Å². The molecule has 0 spiro atoms. The standard InChI is InChI=1S/C40H78O/c1-4-6-8-9-10-11-12-13-14-15-16-17-18-19-20-21-22-23-24-25-26-27-28-29-30-31-32-33-34-35-36-37-39(3)40(41)38-7-5-2/h3-38H2,1-2H3. The summed E-state index contributed by atoms with van der Waals surface area (Å²) in [6, 6.07) is 0. The van der Waals surface area contributed by atoms with Crippen molar-refractivity contribution in [2.24, 2.45) is 0 Å². The third-order valence-electron chi connectivity index (χ3n) is 9.23. The van der Waals surface area contributed by atoms with Crippen molar-refractivity contribution in [3.8, 4) is 0 Å². The molecule has 244 valence electrons. The van der Waals surface area contributed by atoms with E-state index in [1.54, 1.807) is 0 Å². The van der Waals surface area contributed by atoms with Crippen molar-refractivity contribution in [1.82, 2.24) is 0 Å². The Hall–Kier alpha value is -0.590. The van der Waals surface area contributed by atoms with Crippen LogP contribution in [0.25, 0.3) is 0 Å². The smallest absolute Gasteiger partial charge is 0.158 e. The Bertz CT molecular complexity index is 521. The monoisotopic (exact) mass is 575 g/mol. The van der Waals surface area contributed by atoms with Gasteiger partial charge in [0.15, 0.2) is 5.78 Å². The van der Waals surface area contributed by atoms with Gasteiger partial charge in [-0.3, -0.25) is 4.79 Å². The number of rotatable bonds is 36. The number of allylic oxidation sites excluding steroid dienone is 1. The number of carbonyl (C=O) groups is 1. The summed E-state index contributed by atoms with van der Waals surface area (Å²) < 4.78 is 0. The fraction of sp³-hybridized carbons (Fsp3) is 0.925. The maximum atomic E-state index is 11.9. The van der Waals surface area contributed by atoms with E-state index in [0.29, 0.717) is 12.2 Å². The third-order valence-corrected chi connectivity index (χ3v) is 9.23. The summed E-state index contributed by atoms with van der Waals surface area (Å²) >= 11 is 0. The molecular weight excluding hydrogens is 496 g/mol. The average molecular weight is 575 g/mol. The van der Waals surface area contributed by atoms with Crippen LogP contribution in [0.3, 0.4) is 0 Å². The first-order valence-corrected chi connectivity index (χ1v) is 19.4. The number of carbonyl (C=O) groups excluding carboxylic acids is 1. The molecule has 0 atom stereocenters. The number of hydrogen-bond acceptors (Lipinski definition) is 1. The normalized spacial score (nSPS) is 11.4. The van der Waals surface area contributed by atoms with E-state index in [4.69, 9.17) is 0 Å². The highest BCUT2D eigenvalue weighted by atomic mass is 16.1. The van der Waals surface area contributed by atoms with Gasteiger partial charge in [-0.25, -0.2) is 0 Å². The predicted molar refractivity (Wildman–Crippen MR) is 187 cm³/mol. The quantitative estimate of drug-likeness (QED) is 0.0537. The average Bonchev–Trinajstić information content (AvgIpc) is 2.98. The summed E-state index contributed by atoms with van der Waals surface area (Å²) in [7, 11) is 0. The number of Topliss-reactive ketones (excluding diaryl/α,β-unsaturated/α-hetero) is 1. The minimum atomic E-state index is 0.303. The van der Waals surface area contributed by atoms with Crippen molar-refractivity contribution in [1.29, 1.82) is 0 Å². The van der Waals surface area contributed by atoms with Crippen LogP contribution in [-0.4, -0.2) is 5.78 Å². The first kappa shape index (κ1) is 40.4. The molecule has 0 saturated heterocycles. The van der Waals surface area contributed by atoms with E-state index < -0.39 is 0 Å². The zero-order chi connectivity index (χ0) is 29.9. The van der Waals surface area contributed by atoms with Gasteiger partial charge in [-0.2, -0.15) is 0 Å². The Labute approximate surface area is 260 Å². The maximum absolute atomic E-state index is 11.9. The van der Waals surface area contributed by atoms with E-state index >= 15 is 0 Å². The summed E-state index contributed by atoms with van der Waals surface area (Å²) in [5.74, 6) is 0.303. The molecule has 0 amide bonds. The molecule has 0 aliphatic carbocycles. The summed E-state index contributed by atoms with van der Waals surface area (Å²) in [6.45, 7) is 8.44. The third kappa shape index (κ3) is 33.8. The second kappa shape index (κ2) is 35.6. The highest BCUT2D eigenvalue weighted by molar-refractivity contribution is 5.94. The van der Waals surface area contributed by atoms with Crippen molar-refractivity contribution in [3.63, 3.8) is 0 Å². The maximum Gasteiger partial charge on any atom is 0.158 e. The van der Waals surface area contributed by atoms with Gasteiger partial charge in [0.1, 0.15) is 0 Å². The Balaban J connectivity index is 3.11. The van der Waals surface area contributed by atoms with Crippen molar-refractivity contribution in [3.05, 3.63) is 12.2 Å². The van der Waals surface area contributed by atoms with Crippen molar-refractivity contribution in [2.45, 2.75) is 239 Å². The number of hydrogen-bond donors (Lipinski definition) is 0. The van der Waals surface area contributed by atoms with Crippen molar-refractivity contribution >= 4 is 5.78 Å². The Kier molecular flexibility index (Phi) is 35.1. The molecule has 0 aromatic rings. The van der Waals surface area contributed by atoms with Crippen molar-refractivity contribution < 1.29 is 4.79 Å². The van der Waals surface area contributed by atoms with Gasteiger partial charge < -0.3 is 0 Å². The molecule has 0 fully saturated rings. The highest BCUT2D eigenvalue weighted by Crippen LogP contribution is 2.17. The Morgan fingerprint density at radius 2 is 0.537 bits per heavy atom. The van der Waals surface area contributed by atoms with E-state index in [1.165, 1.54) is 193 Å². The lowest BCUT2D eigenvalue weighted by molar-refractivity contribution is -0.115. The number of ketones is 1. The minimum absolute atomic E-state index is 0.303. The topological polar surface area (TPSA) is 17.1 Å². The van der Waals surface area contributed by atoms with Crippen LogP contribution >= 0.6 is 0 Å². The molecule has 0 bridgehead atoms. The van der Waals surface area contributed by atoms with Crippen LogP contribution in [0.15, 0.2) is 12.2 Å². The molecule has 0 N–H and O–H groups in total. The molecule has 0 aromatic heterocycles. The first-order valence-electron chi connectivity index (χ1n) is 19.4. The molecule has 41 heavy (non-hydrogen) atoms. The van der Waals surface area contributed by atoms with E-state index in [-0.39, 0.29) is 0 Å². The molecule has 0 saturated carbocycles. The lowest BCUT2D eigenvalue weighted by Crippen LogP contribution is -2.01. The van der Waals surface area contributed by atoms with E-state index in [0.717, 1.165) is 31.3 Å². The van der Waals surface area contributed by atoms with Crippen LogP contribution in [0.4, 0.5) is 0 Å². The van der Waals surface area contributed by atoms with Crippen molar-refractivity contribution in [2.75, 3.05) is 0 Å². The molecule has 0 radical (unpaired) electrons. The van der Waals surface area contributed by atoms with E-state index in [1.807, 2.05) is 0 Å². The largest absolute Gasteiger partial charge is 0.295 e. The van der Waals surface area contributed by atoms with Crippen LogP contribution < -0.4 is 0 Å². The van der Waals surface area contributed by atoms with Gasteiger partial charge in [0.05, 0.1) is 0 Å². The molecule has 1 heteroatoms. The lowest BCUT2D eigenvalue weighted by atomic mass is 10.00. The van der Waals surface area contributed by atoms with Crippen LogP contribution in [-0.2, 0) is 4.79 Å². The van der Waals surface area contributed by atoms with Gasteiger partial charge in [0, 0.05) is 6.42 Å². The molecular formula is C40H78O. The van der Waals surface area contributed by atoms with Gasteiger partial charge in [-0.15, -0.1) is 0 Å². The fourth-order valence-electron chi connectivity index (χ4n) is 6.19.